The summed E-state index contributed by atoms with van der Waals surface area (Å²) in [6.07, 6.45) is 0.213. The van der Waals surface area contributed by atoms with Crippen molar-refractivity contribution < 1.29 is 27.2 Å². The van der Waals surface area contributed by atoms with E-state index in [-0.39, 0.29) is 29.5 Å². The molecule has 2 N–H and O–H groups in total. The highest BCUT2D eigenvalue weighted by molar-refractivity contribution is 7.18. The molecule has 0 radical (unpaired) electrons. The molecule has 44 heavy (non-hydrogen) atoms. The highest BCUT2D eigenvalue weighted by Gasteiger charge is 2.47. The maximum Gasteiger partial charge on any atom is 0.405 e. The van der Waals surface area contributed by atoms with Crippen molar-refractivity contribution in [1.82, 2.24) is 20.5 Å². The Morgan fingerprint density at radius 1 is 1.02 bits per heavy atom. The van der Waals surface area contributed by atoms with Gasteiger partial charge < -0.3 is 15.5 Å². The molecule has 1 aliphatic heterocycles. The molecule has 2 aromatic carbocycles. The summed E-state index contributed by atoms with van der Waals surface area (Å²) in [4.78, 5) is 32.8. The van der Waals surface area contributed by atoms with Crippen LogP contribution in [0.3, 0.4) is 0 Å². The first-order valence-corrected chi connectivity index (χ1v) is 15.6. The van der Waals surface area contributed by atoms with E-state index in [9.17, 15) is 32.4 Å². The molecule has 230 valence electrons. The van der Waals surface area contributed by atoms with Crippen LogP contribution in [0, 0.1) is 23.1 Å². The molecule has 2 atom stereocenters. The van der Waals surface area contributed by atoms with Crippen LogP contribution in [-0.2, 0) is 4.79 Å². The van der Waals surface area contributed by atoms with Crippen LogP contribution in [0.15, 0.2) is 48.5 Å². The van der Waals surface area contributed by atoms with Crippen molar-refractivity contribution in [3.63, 3.8) is 0 Å². The molecule has 12 heteroatoms. The van der Waals surface area contributed by atoms with Crippen LogP contribution in [0.1, 0.15) is 61.6 Å². The molecular weight excluding hydrogens is 594 g/mol. The van der Waals surface area contributed by atoms with Crippen LogP contribution in [0.25, 0.3) is 21.0 Å². The summed E-state index contributed by atoms with van der Waals surface area (Å²) in [5.41, 5.74) is 2.72. The van der Waals surface area contributed by atoms with Crippen LogP contribution in [0.4, 0.5) is 22.4 Å². The number of urea groups is 1. The number of thiazole rings is 1. The number of amides is 3. The fraction of sp³-hybridized carbons (Fsp3) is 0.438. The largest absolute Gasteiger partial charge is 0.405 e. The zero-order valence-electron chi connectivity index (χ0n) is 23.8. The number of aromatic nitrogens is 1. The van der Waals surface area contributed by atoms with E-state index in [1.54, 1.807) is 12.1 Å². The lowest BCUT2D eigenvalue weighted by atomic mass is 9.76. The third-order valence-corrected chi connectivity index (χ3v) is 9.95. The molecule has 3 aliphatic rings. The number of nitrogens with zero attached hydrogens (tertiary/aromatic N) is 3. The van der Waals surface area contributed by atoms with Crippen molar-refractivity contribution in [2.24, 2.45) is 5.92 Å². The molecule has 0 spiro atoms. The molecule has 7 nitrogen and oxygen atoms in total. The molecule has 1 saturated heterocycles. The first-order chi connectivity index (χ1) is 21.0. The van der Waals surface area contributed by atoms with Gasteiger partial charge >= 0.3 is 12.2 Å². The van der Waals surface area contributed by atoms with E-state index in [1.807, 2.05) is 29.6 Å². The zero-order valence-corrected chi connectivity index (χ0v) is 24.6. The van der Waals surface area contributed by atoms with Gasteiger partial charge in [-0.15, -0.1) is 11.3 Å². The summed E-state index contributed by atoms with van der Waals surface area (Å²) in [5.74, 6) is -0.906. The average Bonchev–Trinajstić information content (AvgIpc) is 3.62. The minimum Gasteiger partial charge on any atom is -0.338 e. The number of benzene rings is 2. The molecule has 2 aliphatic carbocycles. The third-order valence-electron chi connectivity index (χ3n) is 8.78. The van der Waals surface area contributed by atoms with E-state index < -0.39 is 24.3 Å². The number of likely N-dealkylation sites (tertiary alicyclic amines) is 1. The zero-order chi connectivity index (χ0) is 31.1. The van der Waals surface area contributed by atoms with E-state index in [0.29, 0.717) is 32.4 Å². The van der Waals surface area contributed by atoms with Gasteiger partial charge in [0.25, 0.3) is 0 Å². The molecule has 3 amide bonds. The molecule has 1 aromatic heterocycles. The molecule has 3 fully saturated rings. The predicted octanol–water partition coefficient (Wildman–Crippen LogP) is 6.73. The second-order valence-electron chi connectivity index (χ2n) is 11.9. The van der Waals surface area contributed by atoms with Gasteiger partial charge in [0.1, 0.15) is 22.9 Å². The maximum atomic E-state index is 13.7. The molecule has 2 heterocycles. The van der Waals surface area contributed by atoms with Gasteiger partial charge in [-0.25, -0.2) is 14.2 Å². The summed E-state index contributed by atoms with van der Waals surface area (Å²) >= 11 is 1.48. The number of nitrogens with one attached hydrogen (secondary N) is 2. The highest BCUT2D eigenvalue weighted by Crippen LogP contribution is 2.47. The van der Waals surface area contributed by atoms with E-state index in [0.717, 1.165) is 51.5 Å². The Hall–Kier alpha value is -3.98. The fourth-order valence-corrected chi connectivity index (χ4v) is 7.19. The van der Waals surface area contributed by atoms with Crippen molar-refractivity contribution in [3.8, 4) is 27.1 Å². The first kappa shape index (κ1) is 30.1. The highest BCUT2D eigenvalue weighted by atomic mass is 32.1. The Kier molecular flexibility index (Phi) is 8.09. The molecule has 3 aromatic rings. The summed E-state index contributed by atoms with van der Waals surface area (Å²) in [5, 5.41) is 15.2. The van der Waals surface area contributed by atoms with Gasteiger partial charge in [-0.05, 0) is 61.1 Å². The molecule has 0 bridgehead atoms. The Morgan fingerprint density at radius 2 is 1.68 bits per heavy atom. The standard InChI is InChI=1S/C32H31F4N5O2S/c33-23-11-9-21(10-12-23)29-39-26(24-3-1-2-4-25(24)28(42)40-31(17-37)13-14-31)27(44-29)20-7-5-19(6-8-20)22-15-41(16-22)30(43)38-18-32(34,35)36/h5-12,22,24-25H,1-4,13-16,18H2,(H,38,43)(H,40,42). The monoisotopic (exact) mass is 625 g/mol. The van der Waals surface area contributed by atoms with Gasteiger partial charge in [0, 0.05) is 36.4 Å². The summed E-state index contributed by atoms with van der Waals surface area (Å²) in [6.45, 7) is -0.708. The van der Waals surface area contributed by atoms with E-state index in [4.69, 9.17) is 4.98 Å². The lowest BCUT2D eigenvalue weighted by Crippen LogP contribution is -2.53. The normalized spacial score (nSPS) is 21.2. The fourth-order valence-electron chi connectivity index (χ4n) is 6.05. The number of rotatable bonds is 7. The second kappa shape index (κ2) is 11.8. The summed E-state index contributed by atoms with van der Waals surface area (Å²) in [6, 6.07) is 15.5. The SMILES string of the molecule is N#CC1(NC(=O)C2CCCCC2c2nc(-c3ccc(F)cc3)sc2-c2ccc(C3CN(C(=O)NCC(F)(F)F)C3)cc2)CC1. The lowest BCUT2D eigenvalue weighted by Gasteiger charge is -2.39. The van der Waals surface area contributed by atoms with Crippen LogP contribution in [-0.4, -0.2) is 53.2 Å². The number of alkyl halides is 3. The van der Waals surface area contributed by atoms with Crippen molar-refractivity contribution >= 4 is 23.3 Å². The third kappa shape index (κ3) is 6.43. The van der Waals surface area contributed by atoms with Crippen LogP contribution in [0.5, 0.6) is 0 Å². The minimum absolute atomic E-state index is 0.0118. The second-order valence-corrected chi connectivity index (χ2v) is 12.9. The summed E-state index contributed by atoms with van der Waals surface area (Å²) in [7, 11) is 0. The number of carbonyl (C=O) groups is 2. The number of carbonyl (C=O) groups excluding carboxylic acids is 2. The van der Waals surface area contributed by atoms with Gasteiger partial charge in [-0.2, -0.15) is 18.4 Å². The maximum absolute atomic E-state index is 13.7. The van der Waals surface area contributed by atoms with Crippen LogP contribution in [0.2, 0.25) is 0 Å². The smallest absolute Gasteiger partial charge is 0.338 e. The lowest BCUT2D eigenvalue weighted by molar-refractivity contribution is -0.127. The number of hydrogen-bond donors (Lipinski definition) is 2. The van der Waals surface area contributed by atoms with Crippen LogP contribution >= 0.6 is 11.3 Å². The van der Waals surface area contributed by atoms with Gasteiger partial charge in [-0.1, -0.05) is 37.1 Å². The molecule has 2 saturated carbocycles. The number of halogens is 4. The number of nitriles is 1. The van der Waals surface area contributed by atoms with E-state index in [1.165, 1.54) is 28.4 Å². The Labute approximate surface area is 256 Å². The van der Waals surface area contributed by atoms with Gasteiger partial charge in [0.2, 0.25) is 5.91 Å². The topological polar surface area (TPSA) is 98.1 Å². The number of hydrogen-bond acceptors (Lipinski definition) is 5. The Balaban J connectivity index is 1.24. The molecule has 2 unspecified atom stereocenters. The minimum atomic E-state index is -4.46. The predicted molar refractivity (Wildman–Crippen MR) is 157 cm³/mol. The van der Waals surface area contributed by atoms with Crippen molar-refractivity contribution in [1.29, 1.82) is 5.26 Å². The molecular formula is C32H31F4N5O2S. The van der Waals surface area contributed by atoms with Crippen LogP contribution < -0.4 is 10.6 Å². The van der Waals surface area contributed by atoms with Gasteiger partial charge in [0.15, 0.2) is 0 Å². The average molecular weight is 626 g/mol. The van der Waals surface area contributed by atoms with Crippen molar-refractivity contribution in [3.05, 3.63) is 65.6 Å². The molecule has 6 rings (SSSR count). The Bertz CT molecular complexity index is 1570. The first-order valence-electron chi connectivity index (χ1n) is 14.7. The van der Waals surface area contributed by atoms with Gasteiger partial charge in [0.05, 0.1) is 16.6 Å². The van der Waals surface area contributed by atoms with Crippen molar-refractivity contribution in [2.75, 3.05) is 19.6 Å². The summed E-state index contributed by atoms with van der Waals surface area (Å²) < 4.78 is 51.0. The van der Waals surface area contributed by atoms with E-state index in [2.05, 4.69) is 11.4 Å². The quantitative estimate of drug-likeness (QED) is 0.285. The Morgan fingerprint density at radius 3 is 2.32 bits per heavy atom. The van der Waals surface area contributed by atoms with E-state index >= 15 is 0 Å². The van der Waals surface area contributed by atoms with Crippen molar-refractivity contribution in [2.45, 2.75) is 62.1 Å². The van der Waals surface area contributed by atoms with Gasteiger partial charge in [-0.3, -0.25) is 4.79 Å².